The SMILES string of the molecule is O=C(C=C1CCC1)N1CC(O)CC1c1ccc(C(F)(F)F)cc1. The van der Waals surface area contributed by atoms with Crippen LogP contribution >= 0.6 is 0 Å². The standard InChI is InChI=1S/C17H18F3NO2/c18-17(19,20)13-6-4-12(5-7-13)15-9-14(22)10-21(15)16(23)8-11-2-1-3-11/h4-8,14-15,22H,1-3,9-10H2. The van der Waals surface area contributed by atoms with Gasteiger partial charge in [-0.25, -0.2) is 0 Å². The first-order chi connectivity index (χ1) is 10.8. The molecule has 0 spiro atoms. The number of hydrogen-bond donors (Lipinski definition) is 1. The summed E-state index contributed by atoms with van der Waals surface area (Å²) in [6, 6.07) is 4.45. The normalized spacial score (nSPS) is 24.5. The summed E-state index contributed by atoms with van der Waals surface area (Å²) in [5, 5.41) is 9.87. The quantitative estimate of drug-likeness (QED) is 0.846. The van der Waals surface area contributed by atoms with E-state index in [4.69, 9.17) is 0 Å². The van der Waals surface area contributed by atoms with E-state index < -0.39 is 17.8 Å². The lowest BCUT2D eigenvalue weighted by Crippen LogP contribution is -2.31. The Labute approximate surface area is 132 Å². The summed E-state index contributed by atoms with van der Waals surface area (Å²) in [6.45, 7) is 0.217. The maximum atomic E-state index is 12.6. The molecule has 1 aromatic carbocycles. The van der Waals surface area contributed by atoms with Crippen molar-refractivity contribution in [2.24, 2.45) is 0 Å². The van der Waals surface area contributed by atoms with Crippen LogP contribution in [-0.4, -0.2) is 28.6 Å². The molecule has 1 saturated carbocycles. The van der Waals surface area contributed by atoms with Crippen LogP contribution in [0.25, 0.3) is 0 Å². The fourth-order valence-corrected chi connectivity index (χ4v) is 3.05. The van der Waals surface area contributed by atoms with Crippen molar-refractivity contribution in [1.82, 2.24) is 4.90 Å². The smallest absolute Gasteiger partial charge is 0.391 e. The van der Waals surface area contributed by atoms with Crippen molar-refractivity contribution in [3.8, 4) is 0 Å². The number of β-amino-alcohol motifs (C(OH)–C–C–N with tert-alkyl or cyclic N) is 1. The number of nitrogens with zero attached hydrogens (tertiary/aromatic N) is 1. The molecule has 3 nitrogen and oxygen atoms in total. The van der Waals surface area contributed by atoms with Crippen LogP contribution < -0.4 is 0 Å². The third kappa shape index (κ3) is 3.42. The Morgan fingerprint density at radius 1 is 1.22 bits per heavy atom. The second kappa shape index (κ2) is 6.00. The second-order valence-electron chi connectivity index (χ2n) is 6.17. The molecule has 1 heterocycles. The molecule has 0 radical (unpaired) electrons. The minimum Gasteiger partial charge on any atom is -0.391 e. The van der Waals surface area contributed by atoms with Crippen molar-refractivity contribution < 1.29 is 23.1 Å². The number of aliphatic hydroxyl groups excluding tert-OH is 1. The van der Waals surface area contributed by atoms with E-state index in [2.05, 4.69) is 0 Å². The number of halogens is 3. The van der Waals surface area contributed by atoms with Gasteiger partial charge in [-0.2, -0.15) is 13.2 Å². The summed E-state index contributed by atoms with van der Waals surface area (Å²) in [5.41, 5.74) is 1.01. The molecule has 2 unspecified atom stereocenters. The molecule has 2 fully saturated rings. The number of alkyl halides is 3. The molecule has 0 bridgehead atoms. The van der Waals surface area contributed by atoms with Crippen molar-refractivity contribution >= 4 is 5.91 Å². The topological polar surface area (TPSA) is 40.5 Å². The zero-order chi connectivity index (χ0) is 16.6. The molecule has 2 aliphatic rings. The molecule has 2 atom stereocenters. The highest BCUT2D eigenvalue weighted by Gasteiger charge is 2.36. The maximum absolute atomic E-state index is 12.6. The van der Waals surface area contributed by atoms with Gasteiger partial charge in [-0.3, -0.25) is 4.79 Å². The Hall–Kier alpha value is -1.82. The molecule has 1 aromatic rings. The Morgan fingerprint density at radius 3 is 2.39 bits per heavy atom. The highest BCUT2D eigenvalue weighted by atomic mass is 19.4. The number of amides is 1. The molecule has 1 N–H and O–H groups in total. The van der Waals surface area contributed by atoms with Crippen LogP contribution in [0.1, 0.15) is 42.9 Å². The van der Waals surface area contributed by atoms with Crippen LogP contribution in [0.4, 0.5) is 13.2 Å². The largest absolute Gasteiger partial charge is 0.416 e. The van der Waals surface area contributed by atoms with Crippen molar-refractivity contribution in [2.45, 2.75) is 44.0 Å². The zero-order valence-electron chi connectivity index (χ0n) is 12.5. The third-order valence-corrected chi connectivity index (χ3v) is 4.51. The van der Waals surface area contributed by atoms with Gasteiger partial charge in [0.2, 0.25) is 5.91 Å². The summed E-state index contributed by atoms with van der Waals surface area (Å²) in [6.07, 6.45) is -0.132. The van der Waals surface area contributed by atoms with E-state index in [-0.39, 0.29) is 18.5 Å². The minimum absolute atomic E-state index is 0.166. The molecule has 1 saturated heterocycles. The van der Waals surface area contributed by atoms with Gasteiger partial charge in [0, 0.05) is 12.6 Å². The van der Waals surface area contributed by atoms with E-state index in [1.165, 1.54) is 12.1 Å². The summed E-state index contributed by atoms with van der Waals surface area (Å²) in [5.74, 6) is -0.166. The molecule has 3 rings (SSSR count). The number of likely N-dealkylation sites (tertiary alicyclic amines) is 1. The Kier molecular flexibility index (Phi) is 4.19. The lowest BCUT2D eigenvalue weighted by Gasteiger charge is -2.25. The maximum Gasteiger partial charge on any atom is 0.416 e. The first-order valence-corrected chi connectivity index (χ1v) is 7.70. The number of carbonyl (C=O) groups excluding carboxylic acids is 1. The van der Waals surface area contributed by atoms with Crippen LogP contribution in [-0.2, 0) is 11.0 Å². The summed E-state index contributed by atoms with van der Waals surface area (Å²) >= 11 is 0. The minimum atomic E-state index is -4.38. The van der Waals surface area contributed by atoms with Gasteiger partial charge in [0.1, 0.15) is 0 Å². The molecule has 1 aliphatic heterocycles. The van der Waals surface area contributed by atoms with Crippen molar-refractivity contribution in [1.29, 1.82) is 0 Å². The fourth-order valence-electron chi connectivity index (χ4n) is 3.05. The zero-order valence-corrected chi connectivity index (χ0v) is 12.5. The number of aliphatic hydroxyl groups is 1. The molecule has 23 heavy (non-hydrogen) atoms. The van der Waals surface area contributed by atoms with Gasteiger partial charge in [-0.15, -0.1) is 0 Å². The Balaban J connectivity index is 1.80. The third-order valence-electron chi connectivity index (χ3n) is 4.51. The molecule has 124 valence electrons. The highest BCUT2D eigenvalue weighted by molar-refractivity contribution is 5.89. The molecule has 6 heteroatoms. The average molecular weight is 325 g/mol. The van der Waals surface area contributed by atoms with Gasteiger partial charge in [-0.1, -0.05) is 17.7 Å². The molecule has 0 aromatic heterocycles. The van der Waals surface area contributed by atoms with Crippen LogP contribution in [0, 0.1) is 0 Å². The van der Waals surface area contributed by atoms with Crippen LogP contribution in [0.2, 0.25) is 0 Å². The predicted molar refractivity (Wildman–Crippen MR) is 78.5 cm³/mol. The first-order valence-electron chi connectivity index (χ1n) is 7.70. The Bertz CT molecular complexity index is 616. The fraction of sp³-hybridized carbons (Fsp3) is 0.471. The lowest BCUT2D eigenvalue weighted by atomic mass is 9.92. The monoisotopic (exact) mass is 325 g/mol. The number of rotatable bonds is 2. The highest BCUT2D eigenvalue weighted by Crippen LogP contribution is 2.35. The van der Waals surface area contributed by atoms with E-state index in [1.807, 2.05) is 0 Å². The van der Waals surface area contributed by atoms with Crippen molar-refractivity contribution in [3.05, 3.63) is 47.0 Å². The van der Waals surface area contributed by atoms with Gasteiger partial charge in [0.25, 0.3) is 0 Å². The van der Waals surface area contributed by atoms with Gasteiger partial charge < -0.3 is 10.0 Å². The first kappa shape index (κ1) is 16.1. The Morgan fingerprint density at radius 2 is 1.87 bits per heavy atom. The van der Waals surface area contributed by atoms with Gasteiger partial charge in [0.05, 0.1) is 17.7 Å². The van der Waals surface area contributed by atoms with E-state index >= 15 is 0 Å². The molecular formula is C17H18F3NO2. The molecule has 1 amide bonds. The van der Waals surface area contributed by atoms with Gasteiger partial charge in [0.15, 0.2) is 0 Å². The predicted octanol–water partition coefficient (Wildman–Crippen LogP) is 3.45. The number of benzene rings is 1. The van der Waals surface area contributed by atoms with Gasteiger partial charge in [-0.05, 0) is 43.4 Å². The second-order valence-corrected chi connectivity index (χ2v) is 6.17. The van der Waals surface area contributed by atoms with Crippen LogP contribution in [0.3, 0.4) is 0 Å². The average Bonchev–Trinajstić information content (AvgIpc) is 2.84. The number of allylic oxidation sites excluding steroid dienone is 1. The number of carbonyl (C=O) groups is 1. The van der Waals surface area contributed by atoms with E-state index in [0.29, 0.717) is 12.0 Å². The van der Waals surface area contributed by atoms with Crippen molar-refractivity contribution in [2.75, 3.05) is 6.54 Å². The van der Waals surface area contributed by atoms with Crippen LogP contribution in [0.5, 0.6) is 0 Å². The van der Waals surface area contributed by atoms with Crippen LogP contribution in [0.15, 0.2) is 35.9 Å². The summed E-state index contributed by atoms with van der Waals surface area (Å²) in [7, 11) is 0. The van der Waals surface area contributed by atoms with E-state index in [0.717, 1.165) is 37.0 Å². The van der Waals surface area contributed by atoms with Gasteiger partial charge >= 0.3 is 6.18 Å². The molecular weight excluding hydrogens is 307 g/mol. The van der Waals surface area contributed by atoms with Crippen molar-refractivity contribution in [3.63, 3.8) is 0 Å². The number of hydrogen-bond acceptors (Lipinski definition) is 2. The lowest BCUT2D eigenvalue weighted by molar-refractivity contribution is -0.137. The van der Waals surface area contributed by atoms with E-state index in [9.17, 15) is 23.1 Å². The molecule has 1 aliphatic carbocycles. The van der Waals surface area contributed by atoms with E-state index in [1.54, 1.807) is 11.0 Å². The summed E-state index contributed by atoms with van der Waals surface area (Å²) < 4.78 is 37.9. The summed E-state index contributed by atoms with van der Waals surface area (Å²) in [4.78, 5) is 13.9.